The Labute approximate surface area is 151 Å². The zero-order valence-electron chi connectivity index (χ0n) is 13.8. The summed E-state index contributed by atoms with van der Waals surface area (Å²) in [6.45, 7) is 2.22. The molecule has 0 saturated carbocycles. The van der Waals surface area contributed by atoms with Gasteiger partial charge in [0.05, 0.1) is 12.3 Å². The fraction of sp³-hybridized carbons (Fsp3) is 0.158. The zero-order chi connectivity index (χ0) is 17.6. The Kier molecular flexibility index (Phi) is 5.48. The molecular weight excluding hydrogens is 338 g/mol. The molecule has 0 saturated heterocycles. The summed E-state index contributed by atoms with van der Waals surface area (Å²) >= 11 is 6.06. The van der Waals surface area contributed by atoms with Gasteiger partial charge in [0, 0.05) is 22.6 Å². The van der Waals surface area contributed by atoms with E-state index in [0.717, 1.165) is 16.9 Å². The summed E-state index contributed by atoms with van der Waals surface area (Å²) in [7, 11) is 0. The molecule has 1 heterocycles. The van der Waals surface area contributed by atoms with Gasteiger partial charge in [-0.25, -0.2) is 4.68 Å². The predicted octanol–water partition coefficient (Wildman–Crippen LogP) is 3.99. The van der Waals surface area contributed by atoms with E-state index in [9.17, 15) is 4.79 Å². The number of carbonyl (C=O) groups is 1. The quantitative estimate of drug-likeness (QED) is 0.727. The first-order valence-corrected chi connectivity index (χ1v) is 8.23. The summed E-state index contributed by atoms with van der Waals surface area (Å²) in [5.41, 5.74) is 3.45. The first kappa shape index (κ1) is 17.2. The lowest BCUT2D eigenvalue weighted by atomic mass is 10.2. The second kappa shape index (κ2) is 7.96. The Hall–Kier alpha value is -2.63. The van der Waals surface area contributed by atoms with E-state index < -0.39 is 0 Å². The number of halogens is 1. The number of amides is 1. The molecule has 3 rings (SSSR count). The summed E-state index contributed by atoms with van der Waals surface area (Å²) in [4.78, 5) is 12.1. The van der Waals surface area contributed by atoms with Gasteiger partial charge in [-0.1, -0.05) is 35.9 Å². The van der Waals surface area contributed by atoms with Crippen molar-refractivity contribution in [1.82, 2.24) is 9.78 Å². The van der Waals surface area contributed by atoms with Crippen molar-refractivity contribution in [3.05, 3.63) is 77.1 Å². The Balaban J connectivity index is 1.56. The van der Waals surface area contributed by atoms with Gasteiger partial charge in [0.2, 0.25) is 5.91 Å². The molecule has 6 heteroatoms. The standard InChI is InChI=1S/C19H18ClN3O2/c1-14-9-10-21-23(14)17-7-4-6-16(11-17)22-19(24)13-25-12-15-5-2-3-8-18(15)20/h2-11H,12-13H2,1H3,(H,22,24). The highest BCUT2D eigenvalue weighted by molar-refractivity contribution is 6.31. The van der Waals surface area contributed by atoms with E-state index in [-0.39, 0.29) is 12.5 Å². The third-order valence-electron chi connectivity index (χ3n) is 3.66. The molecule has 1 amide bonds. The Morgan fingerprint density at radius 2 is 2.04 bits per heavy atom. The third-order valence-corrected chi connectivity index (χ3v) is 4.02. The predicted molar refractivity (Wildman–Crippen MR) is 98.0 cm³/mol. The number of aromatic nitrogens is 2. The lowest BCUT2D eigenvalue weighted by molar-refractivity contribution is -0.121. The molecule has 0 bridgehead atoms. The second-order valence-corrected chi connectivity index (χ2v) is 5.97. The van der Waals surface area contributed by atoms with Gasteiger partial charge in [0.1, 0.15) is 6.61 Å². The molecule has 0 aliphatic rings. The van der Waals surface area contributed by atoms with Crippen LogP contribution in [0, 0.1) is 6.92 Å². The number of rotatable bonds is 6. The number of aryl methyl sites for hydroxylation is 1. The SMILES string of the molecule is Cc1ccnn1-c1cccc(NC(=O)COCc2ccccc2Cl)c1. The molecule has 5 nitrogen and oxygen atoms in total. The Morgan fingerprint density at radius 3 is 2.80 bits per heavy atom. The molecular formula is C19H18ClN3O2. The number of hydrogen-bond donors (Lipinski definition) is 1. The number of nitrogens with one attached hydrogen (secondary N) is 1. The van der Waals surface area contributed by atoms with Gasteiger partial charge in [-0.15, -0.1) is 0 Å². The topological polar surface area (TPSA) is 56.2 Å². The Morgan fingerprint density at radius 1 is 1.20 bits per heavy atom. The number of anilines is 1. The summed E-state index contributed by atoms with van der Waals surface area (Å²) in [5, 5.41) is 7.72. The van der Waals surface area contributed by atoms with Crippen LogP contribution in [0.4, 0.5) is 5.69 Å². The van der Waals surface area contributed by atoms with E-state index in [4.69, 9.17) is 16.3 Å². The van der Waals surface area contributed by atoms with Crippen LogP contribution in [0.1, 0.15) is 11.3 Å². The molecule has 1 aromatic heterocycles. The van der Waals surface area contributed by atoms with E-state index in [0.29, 0.717) is 17.3 Å². The van der Waals surface area contributed by atoms with Gasteiger partial charge < -0.3 is 10.1 Å². The van der Waals surface area contributed by atoms with Crippen LogP contribution in [-0.4, -0.2) is 22.3 Å². The highest BCUT2D eigenvalue weighted by Crippen LogP contribution is 2.17. The lowest BCUT2D eigenvalue weighted by Gasteiger charge is -2.09. The minimum absolute atomic E-state index is 0.0454. The molecule has 128 valence electrons. The van der Waals surface area contributed by atoms with Crippen molar-refractivity contribution >= 4 is 23.2 Å². The van der Waals surface area contributed by atoms with E-state index in [1.807, 2.05) is 60.1 Å². The van der Waals surface area contributed by atoms with Crippen LogP contribution in [0.2, 0.25) is 5.02 Å². The van der Waals surface area contributed by atoms with Crippen LogP contribution >= 0.6 is 11.6 Å². The fourth-order valence-electron chi connectivity index (χ4n) is 2.42. The van der Waals surface area contributed by atoms with Crippen molar-refractivity contribution in [2.24, 2.45) is 0 Å². The molecule has 0 spiro atoms. The van der Waals surface area contributed by atoms with E-state index >= 15 is 0 Å². The maximum atomic E-state index is 12.1. The largest absolute Gasteiger partial charge is 0.367 e. The fourth-order valence-corrected chi connectivity index (χ4v) is 2.61. The first-order chi connectivity index (χ1) is 12.1. The normalized spacial score (nSPS) is 10.6. The Bertz CT molecular complexity index is 876. The van der Waals surface area contributed by atoms with Gasteiger partial charge in [0.15, 0.2) is 0 Å². The van der Waals surface area contributed by atoms with Crippen LogP contribution in [0.15, 0.2) is 60.8 Å². The smallest absolute Gasteiger partial charge is 0.250 e. The van der Waals surface area contributed by atoms with E-state index in [1.54, 1.807) is 12.3 Å². The molecule has 25 heavy (non-hydrogen) atoms. The first-order valence-electron chi connectivity index (χ1n) is 7.85. The highest BCUT2D eigenvalue weighted by atomic mass is 35.5. The number of hydrogen-bond acceptors (Lipinski definition) is 3. The molecule has 0 aliphatic heterocycles. The van der Waals surface area contributed by atoms with Crippen LogP contribution < -0.4 is 5.32 Å². The van der Waals surface area contributed by atoms with Crippen LogP contribution in [-0.2, 0) is 16.1 Å². The van der Waals surface area contributed by atoms with Crippen LogP contribution in [0.5, 0.6) is 0 Å². The summed E-state index contributed by atoms with van der Waals surface area (Å²) in [6.07, 6.45) is 1.74. The number of nitrogens with zero attached hydrogens (tertiary/aromatic N) is 2. The number of ether oxygens (including phenoxy) is 1. The maximum Gasteiger partial charge on any atom is 0.250 e. The van der Waals surface area contributed by atoms with E-state index in [1.165, 1.54) is 0 Å². The van der Waals surface area contributed by atoms with Crippen LogP contribution in [0.3, 0.4) is 0 Å². The minimum atomic E-state index is -0.221. The third kappa shape index (κ3) is 4.47. The highest BCUT2D eigenvalue weighted by Gasteiger charge is 2.06. The molecule has 1 N–H and O–H groups in total. The van der Waals surface area contributed by atoms with Crippen molar-refractivity contribution in [2.75, 3.05) is 11.9 Å². The number of benzene rings is 2. The van der Waals surface area contributed by atoms with Crippen molar-refractivity contribution in [3.8, 4) is 5.69 Å². The summed E-state index contributed by atoms with van der Waals surface area (Å²) in [5.74, 6) is -0.221. The molecule has 0 atom stereocenters. The average molecular weight is 356 g/mol. The monoisotopic (exact) mass is 355 g/mol. The zero-order valence-corrected chi connectivity index (χ0v) is 14.5. The van der Waals surface area contributed by atoms with Gasteiger partial charge in [0.25, 0.3) is 0 Å². The molecule has 2 aromatic carbocycles. The molecule has 0 aliphatic carbocycles. The van der Waals surface area contributed by atoms with Gasteiger partial charge in [-0.05, 0) is 42.8 Å². The molecule has 0 radical (unpaired) electrons. The van der Waals surface area contributed by atoms with Crippen molar-refractivity contribution in [2.45, 2.75) is 13.5 Å². The van der Waals surface area contributed by atoms with Crippen molar-refractivity contribution < 1.29 is 9.53 Å². The molecule has 0 fully saturated rings. The second-order valence-electron chi connectivity index (χ2n) is 5.57. The summed E-state index contributed by atoms with van der Waals surface area (Å²) in [6, 6.07) is 16.8. The van der Waals surface area contributed by atoms with Gasteiger partial charge in [-0.3, -0.25) is 4.79 Å². The summed E-state index contributed by atoms with van der Waals surface area (Å²) < 4.78 is 7.25. The lowest BCUT2D eigenvalue weighted by Crippen LogP contribution is -2.18. The maximum absolute atomic E-state index is 12.1. The minimum Gasteiger partial charge on any atom is -0.367 e. The van der Waals surface area contributed by atoms with Gasteiger partial charge >= 0.3 is 0 Å². The van der Waals surface area contributed by atoms with Crippen molar-refractivity contribution in [1.29, 1.82) is 0 Å². The van der Waals surface area contributed by atoms with Gasteiger partial charge in [-0.2, -0.15) is 5.10 Å². The molecule has 3 aromatic rings. The van der Waals surface area contributed by atoms with E-state index in [2.05, 4.69) is 10.4 Å². The van der Waals surface area contributed by atoms with Crippen LogP contribution in [0.25, 0.3) is 5.69 Å². The average Bonchev–Trinajstić information content (AvgIpc) is 3.03. The number of carbonyl (C=O) groups excluding carboxylic acids is 1. The van der Waals surface area contributed by atoms with Crippen molar-refractivity contribution in [3.63, 3.8) is 0 Å². The molecule has 0 unspecified atom stereocenters.